The predicted octanol–water partition coefficient (Wildman–Crippen LogP) is -0.136. The Morgan fingerprint density at radius 2 is 2.12 bits per heavy atom. The van der Waals surface area contributed by atoms with Crippen molar-refractivity contribution < 1.29 is 42.8 Å². The lowest BCUT2D eigenvalue weighted by molar-refractivity contribution is -0.0272. The molecule has 2 rings (SSSR count). The predicted molar refractivity (Wildman–Crippen MR) is 85.4 cm³/mol. The standard InChI is InChI=1S/C10H16N2O10P2S/c13-4-6-3-12(10(14)11-9(6)25)8-2-1-7(21-8)5-20-24(18,19)22-23(15,16)17/h3,7-8,13,18-19H,1-2,4-5H2,(H2-,11,14,15,16,17,25)/p+1. The van der Waals surface area contributed by atoms with Crippen LogP contribution in [0.3, 0.4) is 0 Å². The molecule has 0 spiro atoms. The minimum absolute atomic E-state index is 0.117. The number of aliphatic hydroxyl groups excluding tert-OH is 1. The average molecular weight is 419 g/mol. The zero-order chi connectivity index (χ0) is 18.8. The van der Waals surface area contributed by atoms with Crippen LogP contribution in [-0.2, 0) is 24.7 Å². The van der Waals surface area contributed by atoms with E-state index in [9.17, 15) is 24.3 Å². The van der Waals surface area contributed by atoms with Gasteiger partial charge in [-0.1, -0.05) is 12.2 Å². The van der Waals surface area contributed by atoms with Gasteiger partial charge in [0.1, 0.15) is 17.5 Å². The molecule has 1 aromatic rings. The number of ether oxygens (including phenoxy) is 1. The number of aromatic amines is 1. The Morgan fingerprint density at radius 1 is 1.44 bits per heavy atom. The van der Waals surface area contributed by atoms with Gasteiger partial charge in [0.25, 0.3) is 0 Å². The number of hydrogen-bond acceptors (Lipinski definition) is 9. The van der Waals surface area contributed by atoms with Crippen molar-refractivity contribution in [2.45, 2.75) is 31.8 Å². The van der Waals surface area contributed by atoms with E-state index in [1.165, 1.54) is 10.8 Å². The molecule has 15 heteroatoms. The number of nitrogens with one attached hydrogen (secondary N) is 1. The fourth-order valence-electron chi connectivity index (χ4n) is 2.21. The summed E-state index contributed by atoms with van der Waals surface area (Å²) < 4.78 is 25.8. The molecule has 2 atom stereocenters. The van der Waals surface area contributed by atoms with E-state index in [0.29, 0.717) is 18.4 Å². The molecule has 0 aromatic carbocycles. The van der Waals surface area contributed by atoms with E-state index < -0.39 is 40.6 Å². The highest BCUT2D eigenvalue weighted by atomic mass is 32.1. The van der Waals surface area contributed by atoms with Crippen molar-refractivity contribution in [1.29, 1.82) is 0 Å². The number of hydrogen-bond donors (Lipinski definition) is 6. The first-order valence-corrected chi connectivity index (χ1v) is 10.3. The van der Waals surface area contributed by atoms with Crippen molar-refractivity contribution in [2.24, 2.45) is 0 Å². The summed E-state index contributed by atoms with van der Waals surface area (Å²) in [4.78, 5) is 50.1. The van der Waals surface area contributed by atoms with Crippen molar-refractivity contribution in [3.8, 4) is 0 Å². The minimum atomic E-state index is -5.13. The van der Waals surface area contributed by atoms with Crippen molar-refractivity contribution in [3.63, 3.8) is 0 Å². The molecule has 0 bridgehead atoms. The summed E-state index contributed by atoms with van der Waals surface area (Å²) >= 11 is 4.90. The molecule has 25 heavy (non-hydrogen) atoms. The highest BCUT2D eigenvalue weighted by molar-refractivity contribution is 7.71. The monoisotopic (exact) mass is 419 g/mol. The Morgan fingerprint density at radius 3 is 2.72 bits per heavy atom. The van der Waals surface area contributed by atoms with Crippen molar-refractivity contribution in [1.82, 2.24) is 9.55 Å². The quantitative estimate of drug-likeness (QED) is 0.255. The Kier molecular flexibility index (Phi) is 6.63. The van der Waals surface area contributed by atoms with Gasteiger partial charge in [0.05, 0.1) is 12.7 Å². The van der Waals surface area contributed by atoms with Crippen LogP contribution < -0.4 is 5.69 Å². The molecule has 6 N–H and O–H groups in total. The van der Waals surface area contributed by atoms with Gasteiger partial charge in [-0.3, -0.25) is 9.55 Å². The minimum Gasteiger partial charge on any atom is -0.392 e. The van der Waals surface area contributed by atoms with Crippen LogP contribution >= 0.6 is 28.2 Å². The molecule has 2 unspecified atom stereocenters. The van der Waals surface area contributed by atoms with Gasteiger partial charge in [0.2, 0.25) is 0 Å². The molecule has 0 radical (unpaired) electrons. The van der Waals surface area contributed by atoms with E-state index in [2.05, 4.69) is 13.8 Å². The molecular formula is C10H17N2O10P2S+. The summed E-state index contributed by atoms with van der Waals surface area (Å²) in [5.74, 6) is 0. The number of aliphatic hydroxyl groups is 1. The molecule has 0 saturated carbocycles. The summed E-state index contributed by atoms with van der Waals surface area (Å²) in [5.41, 5.74) is -0.201. The van der Waals surface area contributed by atoms with Gasteiger partial charge in [0.15, 0.2) is 0 Å². The van der Waals surface area contributed by atoms with Crippen LogP contribution in [0.1, 0.15) is 24.6 Å². The van der Waals surface area contributed by atoms with Crippen LogP contribution in [0.25, 0.3) is 0 Å². The van der Waals surface area contributed by atoms with E-state index in [1.807, 2.05) is 0 Å². The third-order valence-corrected chi connectivity index (χ3v) is 5.80. The SMILES string of the molecule is O=c1[nH]c(=S)c(CO)cn1C1CCC(CO[P+](O)(O)OP(=O)(O)O)O1. The first kappa shape index (κ1) is 20.7. The molecular weight excluding hydrogens is 402 g/mol. The molecule has 1 fully saturated rings. The third kappa shape index (κ3) is 5.98. The number of nitrogens with zero attached hydrogens (tertiary/aromatic N) is 1. The maximum absolute atomic E-state index is 11.9. The highest BCUT2D eigenvalue weighted by Crippen LogP contribution is 2.63. The van der Waals surface area contributed by atoms with Gasteiger partial charge in [-0.25, -0.2) is 9.36 Å². The van der Waals surface area contributed by atoms with E-state index in [1.54, 1.807) is 0 Å². The lowest BCUT2D eigenvalue weighted by Crippen LogP contribution is -2.28. The molecule has 142 valence electrons. The van der Waals surface area contributed by atoms with E-state index in [0.717, 1.165) is 0 Å². The second-order valence-corrected chi connectivity index (χ2v) is 8.41. The largest absolute Gasteiger partial charge is 0.580 e. The van der Waals surface area contributed by atoms with Gasteiger partial charge < -0.3 is 19.6 Å². The molecule has 12 nitrogen and oxygen atoms in total. The number of aromatic nitrogens is 2. The molecule has 1 aliphatic heterocycles. The smallest absolute Gasteiger partial charge is 0.392 e. The lowest BCUT2D eigenvalue weighted by atomic mass is 10.2. The highest BCUT2D eigenvalue weighted by Gasteiger charge is 2.48. The zero-order valence-electron chi connectivity index (χ0n) is 12.6. The Hall–Kier alpha value is -0.560. The summed E-state index contributed by atoms with van der Waals surface area (Å²) in [6, 6.07) is 0. The van der Waals surface area contributed by atoms with Crippen molar-refractivity contribution in [3.05, 3.63) is 26.9 Å². The van der Waals surface area contributed by atoms with Crippen molar-refractivity contribution in [2.75, 3.05) is 6.61 Å². The number of phosphoric acid groups is 1. The van der Waals surface area contributed by atoms with E-state index in [-0.39, 0.29) is 11.2 Å². The fourth-order valence-corrected chi connectivity index (χ4v) is 4.07. The summed E-state index contributed by atoms with van der Waals surface area (Å²) in [6.45, 7) is -0.779. The number of H-pyrrole nitrogens is 1. The third-order valence-electron chi connectivity index (χ3n) is 3.25. The lowest BCUT2D eigenvalue weighted by Gasteiger charge is -2.17. The summed E-state index contributed by atoms with van der Waals surface area (Å²) in [6.07, 6.45) is 0.742. The van der Waals surface area contributed by atoms with Crippen LogP contribution in [0.4, 0.5) is 0 Å². The summed E-state index contributed by atoms with van der Waals surface area (Å²) in [7, 11) is -9.83. The maximum atomic E-state index is 11.9. The molecule has 1 saturated heterocycles. The van der Waals surface area contributed by atoms with Crippen LogP contribution in [0.15, 0.2) is 11.0 Å². The normalized spacial score (nSPS) is 21.6. The Labute approximate surface area is 146 Å². The zero-order valence-corrected chi connectivity index (χ0v) is 15.2. The maximum Gasteiger partial charge on any atom is 0.580 e. The average Bonchev–Trinajstić information content (AvgIpc) is 2.92. The second kappa shape index (κ2) is 7.99. The van der Waals surface area contributed by atoms with E-state index >= 15 is 0 Å². The Bertz CT molecular complexity index is 774. The van der Waals surface area contributed by atoms with Gasteiger partial charge in [-0.15, -0.1) is 0 Å². The Balaban J connectivity index is 1.99. The van der Waals surface area contributed by atoms with Gasteiger partial charge >= 0.3 is 21.7 Å². The second-order valence-electron chi connectivity index (χ2n) is 5.13. The van der Waals surface area contributed by atoms with Crippen LogP contribution in [0, 0.1) is 4.64 Å². The van der Waals surface area contributed by atoms with Crippen LogP contribution in [-0.4, -0.2) is 46.9 Å². The van der Waals surface area contributed by atoms with Crippen molar-refractivity contribution >= 4 is 28.2 Å². The summed E-state index contributed by atoms with van der Waals surface area (Å²) in [5, 5.41) is 9.20. The molecule has 1 aliphatic rings. The van der Waals surface area contributed by atoms with Crippen LogP contribution in [0.5, 0.6) is 0 Å². The fraction of sp³-hybridized carbons (Fsp3) is 0.600. The van der Waals surface area contributed by atoms with E-state index in [4.69, 9.17) is 26.7 Å². The van der Waals surface area contributed by atoms with Gasteiger partial charge in [0, 0.05) is 11.8 Å². The molecule has 0 amide bonds. The first-order chi connectivity index (χ1) is 11.5. The van der Waals surface area contributed by atoms with Crippen LogP contribution in [0.2, 0.25) is 0 Å². The van der Waals surface area contributed by atoms with Gasteiger partial charge in [-0.2, -0.15) is 14.3 Å². The topological polar surface area (TPSA) is 184 Å². The molecule has 1 aromatic heterocycles. The van der Waals surface area contributed by atoms with Gasteiger partial charge in [-0.05, 0) is 17.2 Å². The number of rotatable bonds is 7. The molecule has 0 aliphatic carbocycles. The molecule has 2 heterocycles. The first-order valence-electron chi connectivity index (χ1n) is 6.87.